The fourth-order valence-corrected chi connectivity index (χ4v) is 2.09. The van der Waals surface area contributed by atoms with E-state index in [1.54, 1.807) is 30.3 Å². The number of carboxylic acid groups (broad SMARTS) is 1. The van der Waals surface area contributed by atoms with Gasteiger partial charge in [-0.05, 0) is 17.7 Å². The zero-order chi connectivity index (χ0) is 17.7. The number of anilines is 1. The molecule has 0 saturated heterocycles. The second kappa shape index (κ2) is 7.23. The van der Waals surface area contributed by atoms with E-state index in [1.807, 2.05) is 0 Å². The number of nitrogens with zero attached hydrogens (tertiary/aromatic N) is 1. The molecule has 0 aliphatic heterocycles. The van der Waals surface area contributed by atoms with Crippen LogP contribution in [-0.4, -0.2) is 21.9 Å². The lowest BCUT2D eigenvalue weighted by molar-refractivity contribution is -0.386. The maximum atomic E-state index is 11.3. The average molecular weight is 330 g/mol. The van der Waals surface area contributed by atoms with E-state index >= 15 is 0 Å². The van der Waals surface area contributed by atoms with Crippen molar-refractivity contribution in [2.24, 2.45) is 0 Å². The third kappa shape index (κ3) is 3.86. The van der Waals surface area contributed by atoms with Crippen molar-refractivity contribution >= 4 is 23.3 Å². The van der Waals surface area contributed by atoms with Gasteiger partial charge in [-0.25, -0.2) is 4.79 Å². The highest BCUT2D eigenvalue weighted by Gasteiger charge is 2.29. The zero-order valence-corrected chi connectivity index (χ0v) is 12.7. The monoisotopic (exact) mass is 330 g/mol. The molecule has 124 valence electrons. The van der Waals surface area contributed by atoms with E-state index in [4.69, 9.17) is 9.84 Å². The molecule has 0 spiro atoms. The lowest BCUT2D eigenvalue weighted by Gasteiger charge is -2.13. The van der Waals surface area contributed by atoms with Crippen molar-refractivity contribution < 1.29 is 24.4 Å². The van der Waals surface area contributed by atoms with Crippen molar-refractivity contribution in [2.45, 2.75) is 13.5 Å². The summed E-state index contributed by atoms with van der Waals surface area (Å²) in [6.07, 6.45) is 0. The van der Waals surface area contributed by atoms with Crippen molar-refractivity contribution in [1.82, 2.24) is 0 Å². The van der Waals surface area contributed by atoms with Crippen LogP contribution in [0, 0.1) is 10.1 Å². The van der Waals surface area contributed by atoms with Gasteiger partial charge in [0, 0.05) is 6.92 Å². The number of aromatic carboxylic acids is 1. The van der Waals surface area contributed by atoms with Gasteiger partial charge < -0.3 is 15.2 Å². The lowest BCUT2D eigenvalue weighted by Crippen LogP contribution is -2.12. The fraction of sp³-hybridized carbons (Fsp3) is 0.125. The molecule has 2 aromatic rings. The molecule has 0 bridgehead atoms. The molecule has 2 aromatic carbocycles. The van der Waals surface area contributed by atoms with Crippen molar-refractivity contribution in [2.75, 3.05) is 5.32 Å². The maximum absolute atomic E-state index is 11.3. The maximum Gasteiger partial charge on any atom is 0.342 e. The van der Waals surface area contributed by atoms with Gasteiger partial charge in [0.15, 0.2) is 0 Å². The Morgan fingerprint density at radius 2 is 1.88 bits per heavy atom. The first-order valence-electron chi connectivity index (χ1n) is 6.89. The number of carboxylic acids is 1. The number of ether oxygens (including phenoxy) is 1. The van der Waals surface area contributed by atoms with Crippen molar-refractivity contribution in [3.05, 3.63) is 63.7 Å². The van der Waals surface area contributed by atoms with Crippen LogP contribution < -0.4 is 10.1 Å². The number of carbonyl (C=O) groups is 2. The van der Waals surface area contributed by atoms with Gasteiger partial charge in [0.05, 0.1) is 10.6 Å². The Kier molecular flexibility index (Phi) is 5.10. The predicted molar refractivity (Wildman–Crippen MR) is 85.1 cm³/mol. The van der Waals surface area contributed by atoms with Crippen LogP contribution in [0.1, 0.15) is 22.8 Å². The largest absolute Gasteiger partial charge is 0.480 e. The molecule has 0 atom stereocenters. The minimum absolute atomic E-state index is 0.0165. The van der Waals surface area contributed by atoms with Crippen LogP contribution in [0.2, 0.25) is 0 Å². The highest BCUT2D eigenvalue weighted by atomic mass is 16.6. The molecular weight excluding hydrogens is 316 g/mol. The first kappa shape index (κ1) is 16.9. The molecule has 0 unspecified atom stereocenters. The molecule has 0 aliphatic carbocycles. The molecule has 0 aromatic heterocycles. The molecule has 0 saturated carbocycles. The quantitative estimate of drug-likeness (QED) is 0.621. The number of carbonyl (C=O) groups excluding carboxylic acids is 1. The van der Waals surface area contributed by atoms with Gasteiger partial charge in [-0.2, -0.15) is 0 Å². The molecule has 0 heterocycles. The predicted octanol–water partition coefficient (Wildman–Crippen LogP) is 2.83. The second-order valence-electron chi connectivity index (χ2n) is 4.86. The number of nitro groups is 1. The van der Waals surface area contributed by atoms with Crippen LogP contribution in [0.3, 0.4) is 0 Å². The van der Waals surface area contributed by atoms with Crippen molar-refractivity contribution in [3.8, 4) is 5.75 Å². The normalized spacial score (nSPS) is 10.0. The number of hydrogen-bond acceptors (Lipinski definition) is 5. The number of amides is 1. The summed E-state index contributed by atoms with van der Waals surface area (Å²) in [6, 6.07) is 11.2. The molecule has 0 aliphatic rings. The Labute approximate surface area is 136 Å². The molecule has 24 heavy (non-hydrogen) atoms. The molecular formula is C16H14N2O6. The van der Waals surface area contributed by atoms with Gasteiger partial charge in [0.25, 0.3) is 0 Å². The van der Waals surface area contributed by atoms with Crippen LogP contribution in [0.15, 0.2) is 42.5 Å². The SMILES string of the molecule is CC(=O)Nc1ccc(C(=O)O)c([N+](=O)[O-])c1OCc1ccccc1. The van der Waals surface area contributed by atoms with Crippen molar-refractivity contribution in [3.63, 3.8) is 0 Å². The summed E-state index contributed by atoms with van der Waals surface area (Å²) in [5, 5.41) is 22.9. The van der Waals surface area contributed by atoms with E-state index < -0.39 is 28.1 Å². The first-order chi connectivity index (χ1) is 11.4. The van der Waals surface area contributed by atoms with E-state index in [1.165, 1.54) is 13.0 Å². The topological polar surface area (TPSA) is 119 Å². The summed E-state index contributed by atoms with van der Waals surface area (Å²) < 4.78 is 5.49. The van der Waals surface area contributed by atoms with Gasteiger partial charge in [0.1, 0.15) is 12.2 Å². The van der Waals surface area contributed by atoms with Crippen LogP contribution in [0.4, 0.5) is 11.4 Å². The van der Waals surface area contributed by atoms with E-state index in [0.29, 0.717) is 0 Å². The Hall–Kier alpha value is -3.42. The third-order valence-electron chi connectivity index (χ3n) is 3.08. The minimum atomic E-state index is -1.46. The van der Waals surface area contributed by atoms with Crippen LogP contribution in [0.25, 0.3) is 0 Å². The molecule has 0 radical (unpaired) electrons. The van der Waals surface area contributed by atoms with Gasteiger partial charge in [-0.15, -0.1) is 0 Å². The average Bonchev–Trinajstić information content (AvgIpc) is 2.53. The molecule has 2 rings (SSSR count). The molecule has 8 nitrogen and oxygen atoms in total. The van der Waals surface area contributed by atoms with Gasteiger partial charge in [0.2, 0.25) is 11.7 Å². The van der Waals surface area contributed by atoms with E-state index in [-0.39, 0.29) is 18.0 Å². The molecule has 0 fully saturated rings. The second-order valence-corrected chi connectivity index (χ2v) is 4.86. The van der Waals surface area contributed by atoms with E-state index in [0.717, 1.165) is 11.6 Å². The Morgan fingerprint density at radius 3 is 2.42 bits per heavy atom. The summed E-state index contributed by atoms with van der Waals surface area (Å²) >= 11 is 0. The molecule has 2 N–H and O–H groups in total. The number of nitro benzene ring substituents is 1. The summed E-state index contributed by atoms with van der Waals surface area (Å²) in [6.45, 7) is 1.22. The Balaban J connectivity index is 2.50. The van der Waals surface area contributed by atoms with E-state index in [2.05, 4.69) is 5.32 Å². The first-order valence-corrected chi connectivity index (χ1v) is 6.89. The minimum Gasteiger partial charge on any atom is -0.480 e. The summed E-state index contributed by atoms with van der Waals surface area (Å²) in [5.41, 5.74) is -0.446. The summed E-state index contributed by atoms with van der Waals surface area (Å²) in [4.78, 5) is 33.0. The van der Waals surface area contributed by atoms with Gasteiger partial charge in [-0.1, -0.05) is 30.3 Å². The lowest BCUT2D eigenvalue weighted by atomic mass is 10.1. The molecule has 8 heteroatoms. The Morgan fingerprint density at radius 1 is 1.21 bits per heavy atom. The Bertz CT molecular complexity index is 789. The summed E-state index contributed by atoms with van der Waals surface area (Å²) in [5.74, 6) is -2.21. The highest BCUT2D eigenvalue weighted by molar-refractivity contribution is 5.98. The van der Waals surface area contributed by atoms with Crippen molar-refractivity contribution in [1.29, 1.82) is 0 Å². The van der Waals surface area contributed by atoms with Gasteiger partial charge >= 0.3 is 11.7 Å². The standard InChI is InChI=1S/C16H14N2O6/c1-10(19)17-13-8-7-12(16(20)21)14(18(22)23)15(13)24-9-11-5-3-2-4-6-11/h2-8H,9H2,1H3,(H,17,19)(H,20,21). The summed E-state index contributed by atoms with van der Waals surface area (Å²) in [7, 11) is 0. The third-order valence-corrected chi connectivity index (χ3v) is 3.08. The molecule has 1 amide bonds. The zero-order valence-electron chi connectivity index (χ0n) is 12.7. The number of benzene rings is 2. The number of hydrogen-bond donors (Lipinski definition) is 2. The van der Waals surface area contributed by atoms with Crippen LogP contribution in [0.5, 0.6) is 5.75 Å². The van der Waals surface area contributed by atoms with Gasteiger partial charge in [-0.3, -0.25) is 14.9 Å². The fourth-order valence-electron chi connectivity index (χ4n) is 2.09. The highest BCUT2D eigenvalue weighted by Crippen LogP contribution is 2.38. The number of nitrogens with one attached hydrogen (secondary N) is 1. The van der Waals surface area contributed by atoms with Crippen LogP contribution in [-0.2, 0) is 11.4 Å². The number of rotatable bonds is 6. The van der Waals surface area contributed by atoms with E-state index in [9.17, 15) is 19.7 Å². The smallest absolute Gasteiger partial charge is 0.342 e. The van der Waals surface area contributed by atoms with Crippen LogP contribution >= 0.6 is 0 Å².